The van der Waals surface area contributed by atoms with E-state index in [0.29, 0.717) is 6.10 Å². The maximum atomic E-state index is 5.29. The molecular weight excluding hydrogens is 162 g/mol. The molecule has 0 aromatic carbocycles. The van der Waals surface area contributed by atoms with E-state index in [-0.39, 0.29) is 0 Å². The Hall–Kier alpha value is -0.0800. The Labute approximate surface area is 81.3 Å². The summed E-state index contributed by atoms with van der Waals surface area (Å²) in [4.78, 5) is 2.61. The summed E-state index contributed by atoms with van der Waals surface area (Å²) in [5, 5.41) is 0. The molecule has 1 heterocycles. The average molecular weight is 183 g/mol. The summed E-state index contributed by atoms with van der Waals surface area (Å²) in [6, 6.07) is 0.909. The molecule has 2 heteroatoms. The molecule has 1 aliphatic carbocycles. The minimum atomic E-state index is 0.405. The minimum Gasteiger partial charge on any atom is -0.380 e. The molecule has 1 unspecified atom stereocenters. The number of hydrogen-bond acceptors (Lipinski definition) is 2. The lowest BCUT2D eigenvalue weighted by molar-refractivity contribution is -0.0459. The zero-order chi connectivity index (χ0) is 9.26. The van der Waals surface area contributed by atoms with Gasteiger partial charge in [-0.25, -0.2) is 0 Å². The van der Waals surface area contributed by atoms with Gasteiger partial charge in [-0.2, -0.15) is 0 Å². The maximum Gasteiger partial charge on any atom is 0.0670 e. The fourth-order valence-electron chi connectivity index (χ4n) is 2.80. The average Bonchev–Trinajstić information content (AvgIpc) is 2.14. The van der Waals surface area contributed by atoms with Crippen LogP contribution in [0.25, 0.3) is 0 Å². The zero-order valence-electron chi connectivity index (χ0n) is 8.83. The predicted octanol–water partition coefficient (Wildman–Crippen LogP) is 1.90. The van der Waals surface area contributed by atoms with E-state index in [9.17, 15) is 0 Å². The van der Waals surface area contributed by atoms with Crippen LogP contribution in [0.15, 0.2) is 0 Å². The van der Waals surface area contributed by atoms with Gasteiger partial charge < -0.3 is 4.74 Å². The smallest absolute Gasteiger partial charge is 0.0670 e. The topological polar surface area (TPSA) is 12.5 Å². The molecule has 13 heavy (non-hydrogen) atoms. The number of ether oxygens (including phenoxy) is 1. The van der Waals surface area contributed by atoms with Crippen LogP contribution in [-0.4, -0.2) is 37.2 Å². The van der Waals surface area contributed by atoms with Crippen molar-refractivity contribution in [2.45, 2.75) is 44.8 Å². The second-order valence-electron chi connectivity index (χ2n) is 4.61. The number of likely N-dealkylation sites (tertiary alicyclic amines) is 1. The van der Waals surface area contributed by atoms with Gasteiger partial charge in [0.05, 0.1) is 6.10 Å². The highest BCUT2D eigenvalue weighted by molar-refractivity contribution is 4.94. The largest absolute Gasteiger partial charge is 0.380 e. The van der Waals surface area contributed by atoms with Gasteiger partial charge in [0.1, 0.15) is 0 Å². The van der Waals surface area contributed by atoms with Crippen molar-refractivity contribution in [2.24, 2.45) is 5.92 Å². The quantitative estimate of drug-likeness (QED) is 0.662. The Kier molecular flexibility index (Phi) is 2.89. The first-order valence-corrected chi connectivity index (χ1v) is 5.58. The Balaban J connectivity index is 1.77. The second kappa shape index (κ2) is 3.97. The fraction of sp³-hybridized carbons (Fsp3) is 1.00. The third kappa shape index (κ3) is 1.89. The molecule has 2 rings (SSSR count). The molecule has 0 amide bonds. The SMILES string of the molecule is COC(C)CN1C[C@H]2CCCC[C@H]21. The van der Waals surface area contributed by atoms with Gasteiger partial charge in [0.15, 0.2) is 0 Å². The summed E-state index contributed by atoms with van der Waals surface area (Å²) in [6.07, 6.45) is 6.22. The number of methoxy groups -OCH3 is 1. The van der Waals surface area contributed by atoms with Gasteiger partial charge in [0.25, 0.3) is 0 Å². The van der Waals surface area contributed by atoms with Crippen LogP contribution in [-0.2, 0) is 4.74 Å². The fourth-order valence-corrected chi connectivity index (χ4v) is 2.80. The lowest BCUT2D eigenvalue weighted by Crippen LogP contribution is -2.59. The van der Waals surface area contributed by atoms with Crippen LogP contribution in [0.4, 0.5) is 0 Å². The highest BCUT2D eigenvalue weighted by Crippen LogP contribution is 2.36. The Bertz CT molecular complexity index is 171. The molecule has 0 bridgehead atoms. The van der Waals surface area contributed by atoms with E-state index in [0.717, 1.165) is 18.5 Å². The van der Waals surface area contributed by atoms with Crippen LogP contribution in [0.2, 0.25) is 0 Å². The standard InChI is InChI=1S/C11H21NO/c1-9(13-2)7-12-8-10-5-3-4-6-11(10)12/h9-11H,3-8H2,1-2H3/t9?,10-,11-/m1/s1. The normalized spacial score (nSPS) is 36.5. The molecule has 2 nitrogen and oxygen atoms in total. The molecule has 2 fully saturated rings. The predicted molar refractivity (Wildman–Crippen MR) is 53.8 cm³/mol. The molecule has 0 aromatic heterocycles. The first-order chi connectivity index (χ1) is 6.31. The maximum absolute atomic E-state index is 5.29. The third-order valence-corrected chi connectivity index (χ3v) is 3.70. The molecule has 1 aliphatic heterocycles. The van der Waals surface area contributed by atoms with Crippen molar-refractivity contribution in [3.05, 3.63) is 0 Å². The molecule has 1 saturated carbocycles. The van der Waals surface area contributed by atoms with Gasteiger partial charge in [-0.15, -0.1) is 0 Å². The van der Waals surface area contributed by atoms with Crippen molar-refractivity contribution >= 4 is 0 Å². The van der Waals surface area contributed by atoms with Crippen molar-refractivity contribution in [3.63, 3.8) is 0 Å². The highest BCUT2D eigenvalue weighted by atomic mass is 16.5. The summed E-state index contributed by atoms with van der Waals surface area (Å²) in [7, 11) is 1.81. The van der Waals surface area contributed by atoms with Gasteiger partial charge in [-0.1, -0.05) is 12.8 Å². The van der Waals surface area contributed by atoms with Gasteiger partial charge in [0.2, 0.25) is 0 Å². The number of hydrogen-bond donors (Lipinski definition) is 0. The van der Waals surface area contributed by atoms with Crippen molar-refractivity contribution < 1.29 is 4.74 Å². The molecule has 0 N–H and O–H groups in total. The highest BCUT2D eigenvalue weighted by Gasteiger charge is 2.39. The first-order valence-electron chi connectivity index (χ1n) is 5.58. The van der Waals surface area contributed by atoms with Crippen molar-refractivity contribution in [1.82, 2.24) is 4.90 Å². The number of fused-ring (bicyclic) bond motifs is 1. The summed E-state index contributed by atoms with van der Waals surface area (Å²) in [5.74, 6) is 1.03. The molecule has 76 valence electrons. The summed E-state index contributed by atoms with van der Waals surface area (Å²) in [6.45, 7) is 4.63. The van der Waals surface area contributed by atoms with Crippen LogP contribution in [0, 0.1) is 5.92 Å². The van der Waals surface area contributed by atoms with Gasteiger partial charge in [0, 0.05) is 26.2 Å². The summed E-state index contributed by atoms with van der Waals surface area (Å²) < 4.78 is 5.29. The van der Waals surface area contributed by atoms with Crippen molar-refractivity contribution in [1.29, 1.82) is 0 Å². The summed E-state index contributed by atoms with van der Waals surface area (Å²) in [5.41, 5.74) is 0. The van der Waals surface area contributed by atoms with Gasteiger partial charge in [-0.05, 0) is 25.7 Å². The Morgan fingerprint density at radius 2 is 2.15 bits per heavy atom. The lowest BCUT2D eigenvalue weighted by Gasteiger charge is -2.51. The van der Waals surface area contributed by atoms with Gasteiger partial charge in [-0.3, -0.25) is 4.90 Å². The van der Waals surface area contributed by atoms with Crippen molar-refractivity contribution in [2.75, 3.05) is 20.2 Å². The molecule has 0 radical (unpaired) electrons. The van der Waals surface area contributed by atoms with Gasteiger partial charge >= 0.3 is 0 Å². The molecule has 0 spiro atoms. The lowest BCUT2D eigenvalue weighted by atomic mass is 9.77. The van der Waals surface area contributed by atoms with Crippen LogP contribution < -0.4 is 0 Å². The number of nitrogens with zero attached hydrogens (tertiary/aromatic N) is 1. The molecular formula is C11H21NO. The molecule has 3 atom stereocenters. The molecule has 1 saturated heterocycles. The molecule has 0 aromatic rings. The number of rotatable bonds is 3. The minimum absolute atomic E-state index is 0.405. The van der Waals surface area contributed by atoms with E-state index < -0.39 is 0 Å². The van der Waals surface area contributed by atoms with Crippen LogP contribution in [0.3, 0.4) is 0 Å². The Morgan fingerprint density at radius 3 is 2.85 bits per heavy atom. The van der Waals surface area contributed by atoms with Crippen LogP contribution >= 0.6 is 0 Å². The molecule has 2 aliphatic rings. The third-order valence-electron chi connectivity index (χ3n) is 3.70. The van der Waals surface area contributed by atoms with E-state index in [1.165, 1.54) is 32.2 Å². The summed E-state index contributed by atoms with van der Waals surface area (Å²) >= 11 is 0. The van der Waals surface area contributed by atoms with Crippen molar-refractivity contribution in [3.8, 4) is 0 Å². The second-order valence-corrected chi connectivity index (χ2v) is 4.61. The van der Waals surface area contributed by atoms with E-state index in [2.05, 4.69) is 11.8 Å². The van der Waals surface area contributed by atoms with E-state index >= 15 is 0 Å². The van der Waals surface area contributed by atoms with E-state index in [1.54, 1.807) is 0 Å². The van der Waals surface area contributed by atoms with E-state index in [1.807, 2.05) is 7.11 Å². The monoisotopic (exact) mass is 183 g/mol. The van der Waals surface area contributed by atoms with Crippen LogP contribution in [0.5, 0.6) is 0 Å². The van der Waals surface area contributed by atoms with E-state index in [4.69, 9.17) is 4.74 Å². The first kappa shape index (κ1) is 9.47. The Morgan fingerprint density at radius 1 is 1.38 bits per heavy atom. The van der Waals surface area contributed by atoms with Crippen LogP contribution in [0.1, 0.15) is 32.6 Å². The zero-order valence-corrected chi connectivity index (χ0v) is 8.83.